The molecule has 0 fully saturated rings. The van der Waals surface area contributed by atoms with Crippen molar-refractivity contribution in [3.8, 4) is 22.9 Å². The number of nitrogens with zero attached hydrogens (tertiary/aromatic N) is 2. The van der Waals surface area contributed by atoms with E-state index in [0.29, 0.717) is 29.5 Å². The molecule has 0 bridgehead atoms. The van der Waals surface area contributed by atoms with Gasteiger partial charge in [0.05, 0.1) is 18.2 Å². The van der Waals surface area contributed by atoms with E-state index < -0.39 is 0 Å². The Bertz CT molecular complexity index is 882. The molecule has 0 unspecified atom stereocenters. The van der Waals surface area contributed by atoms with E-state index in [2.05, 4.69) is 15.3 Å². The van der Waals surface area contributed by atoms with Crippen molar-refractivity contribution in [2.45, 2.75) is 19.4 Å². The minimum atomic E-state index is 0.0439. The first-order valence-electron chi connectivity index (χ1n) is 8.26. The first kappa shape index (κ1) is 17.0. The number of methoxy groups -OCH3 is 1. The average Bonchev–Trinajstić information content (AvgIpc) is 2.66. The van der Waals surface area contributed by atoms with E-state index in [1.54, 1.807) is 25.3 Å². The third-order valence-corrected chi connectivity index (χ3v) is 4.10. The van der Waals surface area contributed by atoms with Crippen molar-refractivity contribution in [3.63, 3.8) is 0 Å². The molecule has 0 radical (unpaired) electrons. The summed E-state index contributed by atoms with van der Waals surface area (Å²) in [6.45, 7) is 2.66. The number of benzene rings is 2. The van der Waals surface area contributed by atoms with Gasteiger partial charge in [0.1, 0.15) is 17.3 Å². The van der Waals surface area contributed by atoms with Crippen LogP contribution in [0.15, 0.2) is 42.5 Å². The molecular formula is C19H22N4O2. The molecule has 6 heteroatoms. The lowest BCUT2D eigenvalue weighted by Gasteiger charge is -2.14. The van der Waals surface area contributed by atoms with Gasteiger partial charge < -0.3 is 20.9 Å². The summed E-state index contributed by atoms with van der Waals surface area (Å²) in [7, 11) is 1.58. The largest absolute Gasteiger partial charge is 0.507 e. The molecule has 0 saturated heterocycles. The number of phenols is 1. The molecule has 1 atom stereocenters. The summed E-state index contributed by atoms with van der Waals surface area (Å²) in [5.41, 5.74) is 7.33. The van der Waals surface area contributed by atoms with Crippen molar-refractivity contribution in [3.05, 3.63) is 42.5 Å². The molecule has 0 spiro atoms. The van der Waals surface area contributed by atoms with Gasteiger partial charge in [0, 0.05) is 18.0 Å². The van der Waals surface area contributed by atoms with Crippen molar-refractivity contribution < 1.29 is 9.84 Å². The molecule has 4 N–H and O–H groups in total. The van der Waals surface area contributed by atoms with Crippen LogP contribution >= 0.6 is 0 Å². The van der Waals surface area contributed by atoms with Gasteiger partial charge in [0.25, 0.3) is 0 Å². The number of ether oxygens (including phenoxy) is 1. The highest BCUT2D eigenvalue weighted by atomic mass is 16.5. The molecule has 3 aromatic rings. The van der Waals surface area contributed by atoms with Crippen LogP contribution in [-0.4, -0.2) is 34.8 Å². The Hall–Kier alpha value is -2.86. The van der Waals surface area contributed by atoms with Crippen LogP contribution in [0.3, 0.4) is 0 Å². The van der Waals surface area contributed by atoms with E-state index in [9.17, 15) is 5.11 Å². The zero-order valence-electron chi connectivity index (χ0n) is 14.4. The van der Waals surface area contributed by atoms with Crippen LogP contribution < -0.4 is 15.8 Å². The normalized spacial score (nSPS) is 12.1. The van der Waals surface area contributed by atoms with Crippen LogP contribution in [0, 0.1) is 0 Å². The molecule has 2 aromatic carbocycles. The smallest absolute Gasteiger partial charge is 0.166 e. The number of rotatable bonds is 6. The highest BCUT2D eigenvalue weighted by Crippen LogP contribution is 2.32. The van der Waals surface area contributed by atoms with E-state index in [4.69, 9.17) is 10.5 Å². The summed E-state index contributed by atoms with van der Waals surface area (Å²) in [6, 6.07) is 12.8. The number of anilines is 1. The monoisotopic (exact) mass is 338 g/mol. The second-order valence-electron chi connectivity index (χ2n) is 5.85. The molecule has 1 heterocycles. The lowest BCUT2D eigenvalue weighted by molar-refractivity contribution is 0.412. The summed E-state index contributed by atoms with van der Waals surface area (Å²) in [4.78, 5) is 9.21. The Labute approximate surface area is 146 Å². The number of fused-ring (bicyclic) bond motifs is 1. The molecule has 0 amide bonds. The van der Waals surface area contributed by atoms with Crippen LogP contribution in [0.1, 0.15) is 13.3 Å². The molecule has 1 aromatic heterocycles. The van der Waals surface area contributed by atoms with Gasteiger partial charge in [-0.3, -0.25) is 0 Å². The minimum absolute atomic E-state index is 0.0439. The van der Waals surface area contributed by atoms with Gasteiger partial charge in [-0.05, 0) is 36.8 Å². The number of hydrogen-bond acceptors (Lipinski definition) is 6. The number of hydrogen-bond donors (Lipinski definition) is 3. The molecule has 0 aliphatic rings. The van der Waals surface area contributed by atoms with E-state index in [0.717, 1.165) is 17.3 Å². The lowest BCUT2D eigenvalue weighted by atomic mass is 10.1. The second-order valence-corrected chi connectivity index (χ2v) is 5.85. The maximum absolute atomic E-state index is 10.2. The first-order valence-corrected chi connectivity index (χ1v) is 8.26. The van der Waals surface area contributed by atoms with Gasteiger partial charge in [0.15, 0.2) is 5.82 Å². The number of aromatic hydroxyl groups is 1. The fourth-order valence-electron chi connectivity index (χ4n) is 2.53. The number of aromatic nitrogens is 2. The van der Waals surface area contributed by atoms with Crippen molar-refractivity contribution >= 4 is 16.7 Å². The highest BCUT2D eigenvalue weighted by molar-refractivity contribution is 5.91. The summed E-state index contributed by atoms with van der Waals surface area (Å²) in [5, 5.41) is 14.4. The molecule has 130 valence electrons. The molecule has 0 aliphatic heterocycles. The average molecular weight is 338 g/mol. The number of nitrogens with two attached hydrogens (primary N) is 1. The zero-order chi connectivity index (χ0) is 17.8. The SMILES string of the molecule is CC[C@H](N)CNc1nc(-c2cc(OC)ccc2O)nc2ccccc12. The van der Waals surface area contributed by atoms with Gasteiger partial charge in [-0.1, -0.05) is 19.1 Å². The Morgan fingerprint density at radius 1 is 1.20 bits per heavy atom. The van der Waals surface area contributed by atoms with Crippen LogP contribution in [0.25, 0.3) is 22.3 Å². The summed E-state index contributed by atoms with van der Waals surface area (Å²) in [5.74, 6) is 1.87. The number of nitrogens with one attached hydrogen (secondary N) is 1. The van der Waals surface area contributed by atoms with E-state index in [1.807, 2.05) is 31.2 Å². The van der Waals surface area contributed by atoms with E-state index >= 15 is 0 Å². The van der Waals surface area contributed by atoms with E-state index in [-0.39, 0.29) is 11.8 Å². The summed E-state index contributed by atoms with van der Waals surface area (Å²) < 4.78 is 5.24. The predicted molar refractivity (Wildman–Crippen MR) is 99.9 cm³/mol. The van der Waals surface area contributed by atoms with Crippen molar-refractivity contribution in [2.75, 3.05) is 19.0 Å². The molecular weight excluding hydrogens is 316 g/mol. The summed E-state index contributed by atoms with van der Waals surface area (Å²) >= 11 is 0. The van der Waals surface area contributed by atoms with E-state index in [1.165, 1.54) is 0 Å². The lowest BCUT2D eigenvalue weighted by Crippen LogP contribution is -2.28. The first-order chi connectivity index (χ1) is 12.1. The Balaban J connectivity index is 2.10. The third kappa shape index (κ3) is 3.64. The van der Waals surface area contributed by atoms with Crippen molar-refractivity contribution in [1.29, 1.82) is 0 Å². The van der Waals surface area contributed by atoms with Crippen LogP contribution in [0.2, 0.25) is 0 Å². The Kier molecular flexibility index (Phi) is 5.00. The topological polar surface area (TPSA) is 93.3 Å². The van der Waals surface area contributed by atoms with Gasteiger partial charge in [-0.25, -0.2) is 9.97 Å². The quantitative estimate of drug-likeness (QED) is 0.639. The van der Waals surface area contributed by atoms with Gasteiger partial charge in [-0.2, -0.15) is 0 Å². The Morgan fingerprint density at radius 2 is 2.00 bits per heavy atom. The molecule has 3 rings (SSSR count). The Morgan fingerprint density at radius 3 is 2.76 bits per heavy atom. The van der Waals surface area contributed by atoms with Crippen LogP contribution in [0.5, 0.6) is 11.5 Å². The van der Waals surface area contributed by atoms with Gasteiger partial charge in [-0.15, -0.1) is 0 Å². The van der Waals surface area contributed by atoms with Gasteiger partial charge >= 0.3 is 0 Å². The maximum atomic E-state index is 10.2. The zero-order valence-corrected chi connectivity index (χ0v) is 14.4. The standard InChI is InChI=1S/C19H22N4O2/c1-3-12(20)11-21-18-14-6-4-5-7-16(14)22-19(23-18)15-10-13(25-2)8-9-17(15)24/h4-10,12,24H,3,11,20H2,1-2H3,(H,21,22,23)/t12-/m0/s1. The predicted octanol–water partition coefficient (Wildman–Crippen LogP) is 3.16. The minimum Gasteiger partial charge on any atom is -0.507 e. The number of para-hydroxylation sites is 1. The fraction of sp³-hybridized carbons (Fsp3) is 0.263. The molecule has 0 aliphatic carbocycles. The van der Waals surface area contributed by atoms with Crippen LogP contribution in [-0.2, 0) is 0 Å². The number of phenolic OH excluding ortho intramolecular Hbond substituents is 1. The van der Waals surface area contributed by atoms with Gasteiger partial charge in [0.2, 0.25) is 0 Å². The second kappa shape index (κ2) is 7.36. The third-order valence-electron chi connectivity index (χ3n) is 4.10. The maximum Gasteiger partial charge on any atom is 0.166 e. The highest BCUT2D eigenvalue weighted by Gasteiger charge is 2.14. The van der Waals surface area contributed by atoms with Crippen molar-refractivity contribution in [2.24, 2.45) is 5.73 Å². The molecule has 0 saturated carbocycles. The molecule has 25 heavy (non-hydrogen) atoms. The fourth-order valence-corrected chi connectivity index (χ4v) is 2.53. The molecule has 6 nitrogen and oxygen atoms in total. The van der Waals surface area contributed by atoms with Crippen molar-refractivity contribution in [1.82, 2.24) is 9.97 Å². The van der Waals surface area contributed by atoms with Crippen LogP contribution in [0.4, 0.5) is 5.82 Å². The summed E-state index contributed by atoms with van der Waals surface area (Å²) in [6.07, 6.45) is 0.875.